The maximum absolute atomic E-state index is 11.9. The molecule has 0 spiro atoms. The zero-order chi connectivity index (χ0) is 17.2. The molecule has 0 radical (unpaired) electrons. The Hall–Kier alpha value is -2.49. The summed E-state index contributed by atoms with van der Waals surface area (Å²) in [7, 11) is 0. The summed E-state index contributed by atoms with van der Waals surface area (Å²) in [5.74, 6) is -0.322. The van der Waals surface area contributed by atoms with Gasteiger partial charge in [0.25, 0.3) is 0 Å². The molecule has 0 N–H and O–H groups in total. The van der Waals surface area contributed by atoms with Gasteiger partial charge in [0.1, 0.15) is 0 Å². The van der Waals surface area contributed by atoms with Gasteiger partial charge in [-0.05, 0) is 29.9 Å². The lowest BCUT2D eigenvalue weighted by molar-refractivity contribution is -0.129. The van der Waals surface area contributed by atoms with E-state index in [1.165, 1.54) is 18.9 Å². The maximum Gasteiger partial charge on any atom is 0.338 e. The second kappa shape index (κ2) is 9.60. The van der Waals surface area contributed by atoms with Gasteiger partial charge in [-0.25, -0.2) is 14.8 Å². The van der Waals surface area contributed by atoms with Crippen LogP contribution in [-0.2, 0) is 11.2 Å². The molecule has 0 fully saturated rings. The highest BCUT2D eigenvalue weighted by atomic mass is 16.5. The van der Waals surface area contributed by atoms with E-state index in [0.717, 1.165) is 24.0 Å². The normalized spacial score (nSPS) is 12.2. The highest BCUT2D eigenvalue weighted by Gasteiger charge is 2.06. The Balaban J connectivity index is 1.84. The molecule has 0 amide bonds. The quantitative estimate of drug-likeness (QED) is 0.408. The van der Waals surface area contributed by atoms with Crippen LogP contribution >= 0.6 is 0 Å². The van der Waals surface area contributed by atoms with Crippen molar-refractivity contribution in [2.24, 2.45) is 0 Å². The van der Waals surface area contributed by atoms with E-state index in [-0.39, 0.29) is 11.9 Å². The molecule has 4 heteroatoms. The van der Waals surface area contributed by atoms with Crippen LogP contribution in [0.1, 0.15) is 50.2 Å². The number of aromatic nitrogens is 2. The minimum absolute atomic E-state index is 0.0938. The smallest absolute Gasteiger partial charge is 0.338 e. The number of hydrogen-bond acceptors (Lipinski definition) is 4. The fourth-order valence-electron chi connectivity index (χ4n) is 2.32. The van der Waals surface area contributed by atoms with Gasteiger partial charge in [0.2, 0.25) is 0 Å². The Morgan fingerprint density at radius 1 is 1.17 bits per heavy atom. The fourth-order valence-corrected chi connectivity index (χ4v) is 2.32. The van der Waals surface area contributed by atoms with Gasteiger partial charge in [0.05, 0.1) is 0 Å². The molecule has 4 nitrogen and oxygen atoms in total. The van der Waals surface area contributed by atoms with Crippen LogP contribution in [0.3, 0.4) is 0 Å². The SMILES string of the molecule is CCCCCc1cnc(OC(=O)C=CC(C)c2ccccc2)nc1. The molecule has 0 saturated carbocycles. The average molecular weight is 324 g/mol. The summed E-state index contributed by atoms with van der Waals surface area (Å²) in [6, 6.07) is 10.1. The van der Waals surface area contributed by atoms with Crippen molar-refractivity contribution < 1.29 is 9.53 Å². The molecule has 126 valence electrons. The Kier molecular flexibility index (Phi) is 7.15. The van der Waals surface area contributed by atoms with Crippen molar-refractivity contribution in [3.63, 3.8) is 0 Å². The van der Waals surface area contributed by atoms with E-state index in [4.69, 9.17) is 4.74 Å². The van der Waals surface area contributed by atoms with Crippen molar-refractivity contribution in [3.8, 4) is 6.01 Å². The number of esters is 1. The molecule has 2 aromatic rings. The molecule has 24 heavy (non-hydrogen) atoms. The first kappa shape index (κ1) is 17.9. The molecule has 0 bridgehead atoms. The highest BCUT2D eigenvalue weighted by Crippen LogP contribution is 2.15. The van der Waals surface area contributed by atoms with E-state index in [1.54, 1.807) is 12.4 Å². The largest absolute Gasteiger partial charge is 0.388 e. The van der Waals surface area contributed by atoms with E-state index in [1.807, 2.05) is 43.3 Å². The molecule has 0 aliphatic carbocycles. The molecule has 1 heterocycles. The van der Waals surface area contributed by atoms with Gasteiger partial charge in [-0.1, -0.05) is 63.1 Å². The van der Waals surface area contributed by atoms with E-state index < -0.39 is 5.97 Å². The number of allylic oxidation sites excluding steroid dienone is 1. The van der Waals surface area contributed by atoms with Crippen molar-refractivity contribution in [1.82, 2.24) is 9.97 Å². The third kappa shape index (κ3) is 5.95. The number of nitrogens with zero attached hydrogens (tertiary/aromatic N) is 2. The first-order valence-electron chi connectivity index (χ1n) is 8.45. The second-order valence-corrected chi connectivity index (χ2v) is 5.81. The molecule has 1 aromatic heterocycles. The molecule has 2 rings (SSSR count). The van der Waals surface area contributed by atoms with Gasteiger partial charge in [0.15, 0.2) is 0 Å². The number of aryl methyl sites for hydroxylation is 1. The van der Waals surface area contributed by atoms with E-state index in [2.05, 4.69) is 16.9 Å². The van der Waals surface area contributed by atoms with Gasteiger partial charge in [0, 0.05) is 18.5 Å². The summed E-state index contributed by atoms with van der Waals surface area (Å²) in [6.45, 7) is 4.20. The van der Waals surface area contributed by atoms with Crippen molar-refractivity contribution in [1.29, 1.82) is 0 Å². The molecule has 1 atom stereocenters. The number of unbranched alkanes of at least 4 members (excludes halogenated alkanes) is 2. The Morgan fingerprint density at radius 2 is 1.88 bits per heavy atom. The van der Waals surface area contributed by atoms with Crippen LogP contribution in [0.25, 0.3) is 0 Å². The number of carbonyl (C=O) groups excluding carboxylic acids is 1. The zero-order valence-corrected chi connectivity index (χ0v) is 14.3. The number of ether oxygens (including phenoxy) is 1. The predicted molar refractivity (Wildman–Crippen MR) is 94.9 cm³/mol. The third-order valence-electron chi connectivity index (χ3n) is 3.79. The van der Waals surface area contributed by atoms with Crippen LogP contribution < -0.4 is 4.74 Å². The van der Waals surface area contributed by atoms with Gasteiger partial charge in [-0.2, -0.15) is 0 Å². The first-order valence-corrected chi connectivity index (χ1v) is 8.45. The summed E-state index contributed by atoms with van der Waals surface area (Å²) in [4.78, 5) is 20.0. The van der Waals surface area contributed by atoms with Gasteiger partial charge in [-0.15, -0.1) is 0 Å². The molecule has 0 aliphatic heterocycles. The van der Waals surface area contributed by atoms with Crippen LogP contribution in [0, 0.1) is 0 Å². The minimum atomic E-state index is -0.462. The number of hydrogen-bond donors (Lipinski definition) is 0. The van der Waals surface area contributed by atoms with Gasteiger partial charge < -0.3 is 4.74 Å². The second-order valence-electron chi connectivity index (χ2n) is 5.81. The molecule has 0 aliphatic rings. The first-order chi connectivity index (χ1) is 11.7. The van der Waals surface area contributed by atoms with Crippen LogP contribution in [0.4, 0.5) is 0 Å². The monoisotopic (exact) mass is 324 g/mol. The lowest BCUT2D eigenvalue weighted by atomic mass is 10.0. The van der Waals surface area contributed by atoms with Gasteiger partial charge >= 0.3 is 12.0 Å². The summed E-state index contributed by atoms with van der Waals surface area (Å²) in [5.41, 5.74) is 2.21. The standard InChI is InChI=1S/C20H24N2O2/c1-3-4-6-9-17-14-21-20(22-15-17)24-19(23)13-12-16(2)18-10-7-5-8-11-18/h5,7-8,10-16H,3-4,6,9H2,1-2H3. The molecular formula is C20H24N2O2. The number of carbonyl (C=O) groups is 1. The van der Waals surface area contributed by atoms with Crippen molar-refractivity contribution >= 4 is 5.97 Å². The predicted octanol–water partition coefficient (Wildman–Crippen LogP) is 4.47. The number of benzene rings is 1. The molecule has 0 saturated heterocycles. The Labute approximate surface area is 143 Å². The lowest BCUT2D eigenvalue weighted by Crippen LogP contribution is -2.07. The van der Waals surface area contributed by atoms with E-state index >= 15 is 0 Å². The Bertz CT molecular complexity index is 651. The summed E-state index contributed by atoms with van der Waals surface area (Å²) < 4.78 is 5.13. The zero-order valence-electron chi connectivity index (χ0n) is 14.3. The molecule has 1 aromatic carbocycles. The number of rotatable bonds is 8. The third-order valence-corrected chi connectivity index (χ3v) is 3.79. The van der Waals surface area contributed by atoms with Crippen LogP contribution in [0.15, 0.2) is 54.9 Å². The lowest BCUT2D eigenvalue weighted by Gasteiger charge is -2.05. The summed E-state index contributed by atoms with van der Waals surface area (Å²) in [6.07, 6.45) is 11.2. The van der Waals surface area contributed by atoms with Gasteiger partial charge in [-0.3, -0.25) is 0 Å². The van der Waals surface area contributed by atoms with Crippen LogP contribution in [0.2, 0.25) is 0 Å². The van der Waals surface area contributed by atoms with E-state index in [9.17, 15) is 4.79 Å². The molecular weight excluding hydrogens is 300 g/mol. The van der Waals surface area contributed by atoms with Crippen molar-refractivity contribution in [2.75, 3.05) is 0 Å². The highest BCUT2D eigenvalue weighted by molar-refractivity contribution is 5.83. The van der Waals surface area contributed by atoms with Crippen LogP contribution in [0.5, 0.6) is 6.01 Å². The maximum atomic E-state index is 11.9. The summed E-state index contributed by atoms with van der Waals surface area (Å²) >= 11 is 0. The minimum Gasteiger partial charge on any atom is -0.388 e. The summed E-state index contributed by atoms with van der Waals surface area (Å²) in [5, 5.41) is 0. The van der Waals surface area contributed by atoms with E-state index in [0.29, 0.717) is 0 Å². The fraction of sp³-hybridized carbons (Fsp3) is 0.350. The average Bonchev–Trinajstić information content (AvgIpc) is 2.62. The van der Waals surface area contributed by atoms with Crippen molar-refractivity contribution in [2.45, 2.75) is 45.4 Å². The molecule has 1 unspecified atom stereocenters. The topological polar surface area (TPSA) is 52.1 Å². The van der Waals surface area contributed by atoms with Crippen LogP contribution in [-0.4, -0.2) is 15.9 Å². The Morgan fingerprint density at radius 3 is 2.54 bits per heavy atom. The van der Waals surface area contributed by atoms with Crippen molar-refractivity contribution in [3.05, 3.63) is 66.0 Å².